The molecule has 2 aliphatic carbocycles. The molecule has 0 saturated heterocycles. The predicted octanol–water partition coefficient (Wildman–Crippen LogP) is -5.27. The summed E-state index contributed by atoms with van der Waals surface area (Å²) in [6.07, 6.45) is -6.29. The van der Waals surface area contributed by atoms with E-state index >= 15 is 0 Å². The van der Waals surface area contributed by atoms with Gasteiger partial charge in [0.2, 0.25) is 18.2 Å². The van der Waals surface area contributed by atoms with Crippen LogP contribution in [0.1, 0.15) is 0 Å². The zero-order chi connectivity index (χ0) is 27.9. The standard InChI is InChI=1S/C19H30F2N6O10/c1-3-35-17(8(5-28)36-16(34-2)6-4-7(29)11(6)30)37-15-10(25-19(23)27-21)12(31)9(13(32)14(15)33)24-18(22)26-20/h1,4,7-17,28-33H,5H2,2H3,(H3,22,24,26)(H3,23,25,27). The Morgan fingerprint density at radius 1 is 1.19 bits per heavy atom. The van der Waals surface area contributed by atoms with E-state index in [-0.39, 0.29) is 5.57 Å². The SMILES string of the molecule is C#COC(OC1C(O)C(O)C(N=C(N)NF)C(O)C1NC(N)=NF)C(CO)OC(OC)C1=CC(O)C1O. The van der Waals surface area contributed by atoms with Crippen LogP contribution in [0.4, 0.5) is 8.96 Å². The van der Waals surface area contributed by atoms with Crippen LogP contribution in [0.25, 0.3) is 0 Å². The third-order valence-electron chi connectivity index (χ3n) is 5.67. The molecule has 2 rings (SSSR count). The zero-order valence-corrected chi connectivity index (χ0v) is 19.3. The molecule has 0 amide bonds. The molecule has 0 heterocycles. The Labute approximate surface area is 209 Å². The van der Waals surface area contributed by atoms with Crippen molar-refractivity contribution in [2.45, 2.75) is 67.4 Å². The van der Waals surface area contributed by atoms with E-state index in [4.69, 9.17) is 36.8 Å². The predicted molar refractivity (Wildman–Crippen MR) is 119 cm³/mol. The molecule has 18 heteroatoms. The van der Waals surface area contributed by atoms with Crippen molar-refractivity contribution in [2.24, 2.45) is 21.7 Å². The second-order valence-electron chi connectivity index (χ2n) is 7.94. The number of terminal acetylenes is 1. The quantitative estimate of drug-likeness (QED) is 0.0293. The highest BCUT2D eigenvalue weighted by Crippen LogP contribution is 2.30. The van der Waals surface area contributed by atoms with Crippen molar-refractivity contribution in [1.82, 2.24) is 10.9 Å². The largest absolute Gasteiger partial charge is 0.412 e. The summed E-state index contributed by atoms with van der Waals surface area (Å²) >= 11 is 0. The molecule has 11 unspecified atom stereocenters. The van der Waals surface area contributed by atoms with Gasteiger partial charge in [0.05, 0.1) is 12.6 Å². The summed E-state index contributed by atoms with van der Waals surface area (Å²) in [4.78, 5) is 3.53. The Morgan fingerprint density at radius 3 is 2.35 bits per heavy atom. The van der Waals surface area contributed by atoms with Gasteiger partial charge in [-0.05, 0) is 6.08 Å². The fourth-order valence-corrected chi connectivity index (χ4v) is 3.80. The van der Waals surface area contributed by atoms with Crippen LogP contribution in [-0.2, 0) is 18.9 Å². The van der Waals surface area contributed by atoms with Crippen LogP contribution in [0.2, 0.25) is 0 Å². The first-order valence-corrected chi connectivity index (χ1v) is 10.6. The number of aliphatic hydroxyl groups excluding tert-OH is 6. The van der Waals surface area contributed by atoms with Gasteiger partial charge >= 0.3 is 0 Å². The lowest BCUT2D eigenvalue weighted by Gasteiger charge is -2.45. The second kappa shape index (κ2) is 13.6. The van der Waals surface area contributed by atoms with Crippen molar-refractivity contribution < 1.29 is 58.5 Å². The van der Waals surface area contributed by atoms with E-state index in [1.54, 1.807) is 6.11 Å². The number of methoxy groups -OCH3 is 1. The lowest BCUT2D eigenvalue weighted by molar-refractivity contribution is -0.273. The number of hydrogen-bond donors (Lipinski definition) is 10. The molecule has 0 bridgehead atoms. The average molecular weight is 540 g/mol. The third-order valence-corrected chi connectivity index (χ3v) is 5.67. The van der Waals surface area contributed by atoms with Gasteiger partial charge in [0.1, 0.15) is 54.9 Å². The van der Waals surface area contributed by atoms with E-state index in [9.17, 15) is 39.6 Å². The summed E-state index contributed by atoms with van der Waals surface area (Å²) in [6.45, 7) is -0.843. The van der Waals surface area contributed by atoms with Crippen LogP contribution in [0.15, 0.2) is 21.9 Å². The minimum Gasteiger partial charge on any atom is -0.412 e. The number of aliphatic hydroxyl groups is 6. The minimum absolute atomic E-state index is 0.114. The van der Waals surface area contributed by atoms with Crippen LogP contribution in [0.5, 0.6) is 0 Å². The molecule has 0 aliphatic heterocycles. The molecule has 0 radical (unpaired) electrons. The first kappa shape index (κ1) is 30.4. The van der Waals surface area contributed by atoms with E-state index in [0.717, 1.165) is 5.54 Å². The Bertz CT molecular complexity index is 892. The fourth-order valence-electron chi connectivity index (χ4n) is 3.80. The van der Waals surface area contributed by atoms with Crippen LogP contribution in [0, 0.1) is 12.5 Å². The smallest absolute Gasteiger partial charge is 0.239 e. The molecule has 1 saturated carbocycles. The van der Waals surface area contributed by atoms with Gasteiger partial charge in [-0.3, -0.25) is 0 Å². The Hall–Kier alpha value is -2.86. The molecular weight excluding hydrogens is 510 g/mol. The number of halogens is 2. The van der Waals surface area contributed by atoms with Crippen molar-refractivity contribution in [3.63, 3.8) is 0 Å². The summed E-state index contributed by atoms with van der Waals surface area (Å²) in [7, 11) is 1.20. The molecule has 16 nitrogen and oxygen atoms in total. The summed E-state index contributed by atoms with van der Waals surface area (Å²) in [5.74, 6) is -1.74. The number of aliphatic imine (C=N–C) groups is 1. The Balaban J connectivity index is 2.36. The normalized spacial score (nSPS) is 34.9. The van der Waals surface area contributed by atoms with E-state index in [2.05, 4.69) is 15.5 Å². The van der Waals surface area contributed by atoms with E-state index in [0.29, 0.717) is 0 Å². The van der Waals surface area contributed by atoms with Crippen LogP contribution >= 0.6 is 0 Å². The van der Waals surface area contributed by atoms with Gasteiger partial charge in [0.25, 0.3) is 0 Å². The summed E-state index contributed by atoms with van der Waals surface area (Å²) < 4.78 is 46.7. The average Bonchev–Trinajstić information content (AvgIpc) is 2.90. The van der Waals surface area contributed by atoms with Crippen LogP contribution in [0.3, 0.4) is 0 Å². The maximum Gasteiger partial charge on any atom is 0.239 e. The number of nitrogens with two attached hydrogens (primary N) is 2. The van der Waals surface area contributed by atoms with Gasteiger partial charge in [-0.15, -0.1) is 4.48 Å². The molecule has 0 aromatic heterocycles. The molecule has 210 valence electrons. The number of hydrogen-bond acceptors (Lipinski definition) is 12. The van der Waals surface area contributed by atoms with Gasteiger partial charge < -0.3 is 66.4 Å². The molecule has 37 heavy (non-hydrogen) atoms. The fraction of sp³-hybridized carbons (Fsp3) is 0.684. The zero-order valence-electron chi connectivity index (χ0n) is 19.3. The van der Waals surface area contributed by atoms with Gasteiger partial charge in [-0.2, -0.15) is 5.54 Å². The van der Waals surface area contributed by atoms with Gasteiger partial charge in [0, 0.05) is 12.7 Å². The van der Waals surface area contributed by atoms with Crippen molar-refractivity contribution >= 4 is 11.9 Å². The van der Waals surface area contributed by atoms with E-state index in [1.165, 1.54) is 13.2 Å². The monoisotopic (exact) mass is 540 g/mol. The molecule has 2 aliphatic rings. The summed E-state index contributed by atoms with van der Waals surface area (Å²) in [5, 5.41) is 65.7. The van der Waals surface area contributed by atoms with Crippen molar-refractivity contribution in [1.29, 1.82) is 0 Å². The van der Waals surface area contributed by atoms with Crippen molar-refractivity contribution in [3.05, 3.63) is 11.6 Å². The van der Waals surface area contributed by atoms with E-state index < -0.39 is 85.9 Å². The molecule has 0 spiro atoms. The number of ether oxygens (including phenoxy) is 4. The first-order valence-electron chi connectivity index (χ1n) is 10.6. The van der Waals surface area contributed by atoms with Gasteiger partial charge in [-0.25, -0.2) is 4.99 Å². The third kappa shape index (κ3) is 6.92. The molecule has 1 fully saturated rings. The topological polar surface area (TPSA) is 259 Å². The molecule has 0 aromatic rings. The molecular formula is C19H30F2N6O10. The second-order valence-corrected chi connectivity index (χ2v) is 7.94. The van der Waals surface area contributed by atoms with Crippen LogP contribution < -0.4 is 22.3 Å². The Morgan fingerprint density at radius 2 is 1.86 bits per heavy atom. The lowest BCUT2D eigenvalue weighted by atomic mass is 9.81. The minimum atomic E-state index is -1.96. The highest BCUT2D eigenvalue weighted by atomic mass is 19.2. The van der Waals surface area contributed by atoms with E-state index in [1.807, 2.05) is 0 Å². The highest BCUT2D eigenvalue weighted by molar-refractivity contribution is 5.78. The molecule has 11 atom stereocenters. The van der Waals surface area contributed by atoms with Crippen LogP contribution in [-0.4, -0.2) is 124 Å². The molecule has 0 aromatic carbocycles. The number of guanidine groups is 2. The van der Waals surface area contributed by atoms with Gasteiger partial charge in [-0.1, -0.05) is 16.1 Å². The maximum atomic E-state index is 12.8. The highest BCUT2D eigenvalue weighted by Gasteiger charge is 2.52. The van der Waals surface area contributed by atoms with Gasteiger partial charge in [0.15, 0.2) is 6.29 Å². The van der Waals surface area contributed by atoms with Crippen molar-refractivity contribution in [3.8, 4) is 12.5 Å². The number of nitrogens with one attached hydrogen (secondary N) is 2. The maximum absolute atomic E-state index is 12.8. The molecule has 12 N–H and O–H groups in total. The number of nitrogens with zero attached hydrogens (tertiary/aromatic N) is 2. The summed E-state index contributed by atoms with van der Waals surface area (Å²) in [5.41, 5.74) is 11.7. The first-order chi connectivity index (χ1) is 17.5. The lowest BCUT2D eigenvalue weighted by Crippen LogP contribution is -2.70. The Kier molecular flexibility index (Phi) is 11.2. The summed E-state index contributed by atoms with van der Waals surface area (Å²) in [6, 6.07) is -3.27. The van der Waals surface area contributed by atoms with Crippen molar-refractivity contribution in [2.75, 3.05) is 13.7 Å². The number of rotatable bonds is 11.